The number of quaternary nitrogens is 1. The van der Waals surface area contributed by atoms with E-state index in [-0.39, 0.29) is 19.3 Å². The van der Waals surface area contributed by atoms with Gasteiger partial charge in [-0.3, -0.25) is 0 Å². The Morgan fingerprint density at radius 3 is 2.67 bits per heavy atom. The van der Waals surface area contributed by atoms with Crippen LogP contribution in [0.3, 0.4) is 0 Å². The SMILES string of the molecule is CC[C@@H](CO)[NH2+]C[C@H](O)COc1ccccc1C. The van der Waals surface area contributed by atoms with E-state index in [1.807, 2.05) is 43.4 Å². The van der Waals surface area contributed by atoms with Gasteiger partial charge < -0.3 is 20.3 Å². The van der Waals surface area contributed by atoms with Crippen molar-refractivity contribution in [2.45, 2.75) is 32.4 Å². The molecular formula is C14H24NO3+. The fourth-order valence-corrected chi connectivity index (χ4v) is 1.69. The Morgan fingerprint density at radius 1 is 1.33 bits per heavy atom. The number of aliphatic hydroxyl groups excluding tert-OH is 2. The molecule has 2 atom stereocenters. The van der Waals surface area contributed by atoms with Crippen LogP contribution < -0.4 is 10.1 Å². The first-order valence-corrected chi connectivity index (χ1v) is 6.48. The monoisotopic (exact) mass is 254 g/mol. The van der Waals surface area contributed by atoms with Crippen molar-refractivity contribution in [1.29, 1.82) is 0 Å². The van der Waals surface area contributed by atoms with Gasteiger partial charge in [0, 0.05) is 0 Å². The molecule has 4 heteroatoms. The van der Waals surface area contributed by atoms with E-state index in [2.05, 4.69) is 0 Å². The molecule has 0 spiro atoms. The summed E-state index contributed by atoms with van der Waals surface area (Å²) in [6.07, 6.45) is 0.368. The lowest BCUT2D eigenvalue weighted by Crippen LogP contribution is -2.92. The first-order valence-electron chi connectivity index (χ1n) is 6.48. The zero-order valence-electron chi connectivity index (χ0n) is 11.2. The predicted octanol–water partition coefficient (Wildman–Crippen LogP) is 0.0690. The molecule has 0 aromatic heterocycles. The topological polar surface area (TPSA) is 66.3 Å². The molecule has 0 radical (unpaired) electrons. The number of para-hydroxylation sites is 1. The molecule has 1 rings (SSSR count). The number of benzene rings is 1. The molecule has 4 N–H and O–H groups in total. The lowest BCUT2D eigenvalue weighted by Gasteiger charge is -2.15. The number of ether oxygens (including phenoxy) is 1. The second-order valence-corrected chi connectivity index (χ2v) is 4.55. The molecule has 18 heavy (non-hydrogen) atoms. The van der Waals surface area contributed by atoms with Crippen molar-refractivity contribution >= 4 is 0 Å². The van der Waals surface area contributed by atoms with Gasteiger partial charge in [-0.15, -0.1) is 0 Å². The highest BCUT2D eigenvalue weighted by Crippen LogP contribution is 2.15. The number of hydrogen-bond donors (Lipinski definition) is 3. The summed E-state index contributed by atoms with van der Waals surface area (Å²) in [5.74, 6) is 0.811. The van der Waals surface area contributed by atoms with Crippen molar-refractivity contribution < 1.29 is 20.3 Å². The summed E-state index contributed by atoms with van der Waals surface area (Å²) in [6.45, 7) is 4.97. The molecule has 0 fully saturated rings. The molecular weight excluding hydrogens is 230 g/mol. The minimum Gasteiger partial charge on any atom is -0.490 e. The Kier molecular flexibility index (Phi) is 6.72. The number of aryl methyl sites for hydroxylation is 1. The van der Waals surface area contributed by atoms with E-state index >= 15 is 0 Å². The van der Waals surface area contributed by atoms with Crippen LogP contribution in [-0.2, 0) is 0 Å². The fourth-order valence-electron chi connectivity index (χ4n) is 1.69. The van der Waals surface area contributed by atoms with Crippen LogP contribution in [0.1, 0.15) is 18.9 Å². The fraction of sp³-hybridized carbons (Fsp3) is 0.571. The van der Waals surface area contributed by atoms with Gasteiger partial charge in [-0.25, -0.2) is 0 Å². The average molecular weight is 254 g/mol. The van der Waals surface area contributed by atoms with Crippen LogP contribution >= 0.6 is 0 Å². The van der Waals surface area contributed by atoms with Gasteiger partial charge in [-0.1, -0.05) is 25.1 Å². The third-order valence-corrected chi connectivity index (χ3v) is 3.03. The summed E-state index contributed by atoms with van der Waals surface area (Å²) in [6, 6.07) is 7.92. The van der Waals surface area contributed by atoms with E-state index in [0.717, 1.165) is 17.7 Å². The van der Waals surface area contributed by atoms with Crippen molar-refractivity contribution in [2.24, 2.45) is 0 Å². The first-order chi connectivity index (χ1) is 8.67. The van der Waals surface area contributed by atoms with Gasteiger partial charge >= 0.3 is 0 Å². The Morgan fingerprint density at radius 2 is 2.06 bits per heavy atom. The number of nitrogens with two attached hydrogens (primary N) is 1. The molecule has 1 aromatic rings. The zero-order valence-corrected chi connectivity index (χ0v) is 11.2. The third kappa shape index (κ3) is 5.04. The summed E-state index contributed by atoms with van der Waals surface area (Å²) in [4.78, 5) is 0. The Bertz CT molecular complexity index is 340. The van der Waals surface area contributed by atoms with E-state index in [9.17, 15) is 5.11 Å². The van der Waals surface area contributed by atoms with Crippen molar-refractivity contribution in [2.75, 3.05) is 19.8 Å². The van der Waals surface area contributed by atoms with E-state index in [1.165, 1.54) is 0 Å². The van der Waals surface area contributed by atoms with Crippen LogP contribution in [0.2, 0.25) is 0 Å². The smallest absolute Gasteiger partial charge is 0.137 e. The Hall–Kier alpha value is -1.10. The van der Waals surface area contributed by atoms with Gasteiger partial charge in [0.25, 0.3) is 0 Å². The molecule has 0 saturated heterocycles. The summed E-state index contributed by atoms with van der Waals surface area (Å²) in [7, 11) is 0. The molecule has 0 saturated carbocycles. The van der Waals surface area contributed by atoms with Crippen LogP contribution in [0.5, 0.6) is 5.75 Å². The van der Waals surface area contributed by atoms with Gasteiger partial charge in [0.15, 0.2) is 0 Å². The predicted molar refractivity (Wildman–Crippen MR) is 70.6 cm³/mol. The average Bonchev–Trinajstić information content (AvgIpc) is 2.39. The summed E-state index contributed by atoms with van der Waals surface area (Å²) in [5, 5.41) is 20.8. The van der Waals surface area contributed by atoms with E-state index in [4.69, 9.17) is 9.84 Å². The van der Waals surface area contributed by atoms with Crippen molar-refractivity contribution in [3.8, 4) is 5.75 Å². The molecule has 0 aliphatic rings. The molecule has 1 aromatic carbocycles. The van der Waals surface area contributed by atoms with Crippen molar-refractivity contribution in [3.05, 3.63) is 29.8 Å². The van der Waals surface area contributed by atoms with Crippen LogP contribution in [0.25, 0.3) is 0 Å². The van der Waals surface area contributed by atoms with Crippen molar-refractivity contribution in [3.63, 3.8) is 0 Å². The highest BCUT2D eigenvalue weighted by atomic mass is 16.5. The lowest BCUT2D eigenvalue weighted by molar-refractivity contribution is -0.696. The van der Waals surface area contributed by atoms with Crippen LogP contribution in [0.4, 0.5) is 0 Å². The van der Waals surface area contributed by atoms with E-state index in [1.54, 1.807) is 0 Å². The third-order valence-electron chi connectivity index (χ3n) is 3.03. The molecule has 0 amide bonds. The van der Waals surface area contributed by atoms with Crippen LogP contribution in [-0.4, -0.2) is 42.1 Å². The maximum absolute atomic E-state index is 9.80. The van der Waals surface area contributed by atoms with Gasteiger partial charge in [0.2, 0.25) is 0 Å². The van der Waals surface area contributed by atoms with Crippen LogP contribution in [0, 0.1) is 6.92 Å². The Labute approximate surface area is 109 Å². The molecule has 0 aliphatic carbocycles. The van der Waals surface area contributed by atoms with E-state index in [0.29, 0.717) is 6.54 Å². The van der Waals surface area contributed by atoms with Gasteiger partial charge in [0.1, 0.15) is 31.0 Å². The highest BCUT2D eigenvalue weighted by molar-refractivity contribution is 5.31. The molecule has 0 aliphatic heterocycles. The van der Waals surface area contributed by atoms with Gasteiger partial charge in [0.05, 0.1) is 6.61 Å². The molecule has 4 nitrogen and oxygen atoms in total. The molecule has 0 heterocycles. The minimum absolute atomic E-state index is 0.141. The first kappa shape index (κ1) is 15.0. The number of hydrogen-bond acceptors (Lipinski definition) is 3. The summed E-state index contributed by atoms with van der Waals surface area (Å²) in [5.41, 5.74) is 1.07. The van der Waals surface area contributed by atoms with Crippen LogP contribution in [0.15, 0.2) is 24.3 Å². The van der Waals surface area contributed by atoms with Gasteiger partial charge in [-0.05, 0) is 25.0 Å². The van der Waals surface area contributed by atoms with E-state index < -0.39 is 6.10 Å². The number of aliphatic hydroxyl groups is 2. The minimum atomic E-state index is -0.523. The quantitative estimate of drug-likeness (QED) is 0.615. The van der Waals surface area contributed by atoms with Gasteiger partial charge in [-0.2, -0.15) is 0 Å². The molecule has 0 bridgehead atoms. The maximum Gasteiger partial charge on any atom is 0.137 e. The molecule has 102 valence electrons. The lowest BCUT2D eigenvalue weighted by atomic mass is 10.2. The second-order valence-electron chi connectivity index (χ2n) is 4.55. The highest BCUT2D eigenvalue weighted by Gasteiger charge is 2.12. The normalized spacial score (nSPS) is 14.2. The Balaban J connectivity index is 2.29. The standard InChI is InChI=1S/C14H23NO3/c1-3-12(9-16)15-8-13(17)10-18-14-7-5-4-6-11(14)2/h4-7,12-13,15-17H,3,8-10H2,1-2H3/p+1/t12-,13-/m0/s1. The summed E-state index contributed by atoms with van der Waals surface area (Å²) >= 11 is 0. The number of rotatable bonds is 8. The summed E-state index contributed by atoms with van der Waals surface area (Å²) < 4.78 is 5.57. The molecule has 0 unspecified atom stereocenters. The maximum atomic E-state index is 9.80. The largest absolute Gasteiger partial charge is 0.490 e. The second kappa shape index (κ2) is 8.08. The zero-order chi connectivity index (χ0) is 13.4. The van der Waals surface area contributed by atoms with Crippen molar-refractivity contribution in [1.82, 2.24) is 0 Å².